The molecular formula is C18H17N3O5. The minimum Gasteiger partial charge on any atom is -0.619 e. The van der Waals surface area contributed by atoms with Crippen LogP contribution >= 0.6 is 0 Å². The molecule has 0 aliphatic carbocycles. The average Bonchev–Trinajstić information content (AvgIpc) is 3.15. The summed E-state index contributed by atoms with van der Waals surface area (Å²) in [5, 5.41) is 14.9. The predicted molar refractivity (Wildman–Crippen MR) is 90.1 cm³/mol. The van der Waals surface area contributed by atoms with Gasteiger partial charge in [-0.25, -0.2) is 4.79 Å². The van der Waals surface area contributed by atoms with E-state index in [0.29, 0.717) is 27.6 Å². The van der Waals surface area contributed by atoms with Crippen molar-refractivity contribution in [3.63, 3.8) is 0 Å². The van der Waals surface area contributed by atoms with Gasteiger partial charge in [0.2, 0.25) is 5.78 Å². The predicted octanol–water partition coefficient (Wildman–Crippen LogP) is 2.06. The maximum absolute atomic E-state index is 12.5. The van der Waals surface area contributed by atoms with E-state index < -0.39 is 12.6 Å². The number of aromatic nitrogens is 3. The summed E-state index contributed by atoms with van der Waals surface area (Å²) in [7, 11) is 0. The van der Waals surface area contributed by atoms with E-state index >= 15 is 0 Å². The lowest BCUT2D eigenvalue weighted by Crippen LogP contribution is -2.24. The number of ether oxygens (including phenoxy) is 1. The minimum atomic E-state index is -0.667. The molecule has 0 bridgehead atoms. The van der Waals surface area contributed by atoms with Crippen LogP contribution in [0.3, 0.4) is 0 Å². The molecule has 0 aliphatic heterocycles. The van der Waals surface area contributed by atoms with Gasteiger partial charge in [-0.1, -0.05) is 5.16 Å². The number of pyridine rings is 1. The summed E-state index contributed by atoms with van der Waals surface area (Å²) in [6.45, 7) is 5.03. The molecule has 0 fully saturated rings. The lowest BCUT2D eigenvalue weighted by atomic mass is 10.1. The standard InChI is InChI=1S/C18H17N3O5/c1-11-8-15(13(3)21(11)17-9-12(2)26-19-17)16(22)10-25-18(23)14-4-6-20(24)7-5-14/h4-9H,10H2,1-3H3. The van der Waals surface area contributed by atoms with E-state index in [1.54, 1.807) is 30.5 Å². The highest BCUT2D eigenvalue weighted by Gasteiger charge is 2.20. The summed E-state index contributed by atoms with van der Waals surface area (Å²) < 4.78 is 12.5. The molecule has 8 nitrogen and oxygen atoms in total. The van der Waals surface area contributed by atoms with Crippen LogP contribution in [-0.4, -0.2) is 28.1 Å². The Labute approximate surface area is 149 Å². The van der Waals surface area contributed by atoms with E-state index in [1.165, 1.54) is 24.5 Å². The lowest BCUT2D eigenvalue weighted by molar-refractivity contribution is -0.605. The molecule has 0 aromatic carbocycles. The SMILES string of the molecule is Cc1cc(-n2c(C)cc(C(=O)COC(=O)c3cc[n+]([O-])cc3)c2C)no1. The normalized spacial score (nSPS) is 10.7. The van der Waals surface area contributed by atoms with Gasteiger partial charge in [-0.2, -0.15) is 4.73 Å². The van der Waals surface area contributed by atoms with Gasteiger partial charge in [-0.15, -0.1) is 0 Å². The summed E-state index contributed by atoms with van der Waals surface area (Å²) in [6, 6.07) is 6.15. The number of hydrogen-bond donors (Lipinski definition) is 0. The topological polar surface area (TPSA) is 101 Å². The van der Waals surface area contributed by atoms with E-state index in [4.69, 9.17) is 9.26 Å². The van der Waals surface area contributed by atoms with Crippen LogP contribution < -0.4 is 4.73 Å². The third-order valence-electron chi connectivity index (χ3n) is 3.95. The van der Waals surface area contributed by atoms with Crippen molar-refractivity contribution >= 4 is 11.8 Å². The van der Waals surface area contributed by atoms with Gasteiger partial charge in [0.15, 0.2) is 24.8 Å². The van der Waals surface area contributed by atoms with Crippen LogP contribution in [0, 0.1) is 26.0 Å². The Hall–Kier alpha value is -3.42. The molecular weight excluding hydrogens is 338 g/mol. The Kier molecular flexibility index (Phi) is 4.57. The summed E-state index contributed by atoms with van der Waals surface area (Å²) in [6.07, 6.45) is 2.37. The van der Waals surface area contributed by atoms with Gasteiger partial charge in [0.05, 0.1) is 5.56 Å². The second-order valence-corrected chi connectivity index (χ2v) is 5.86. The van der Waals surface area contributed by atoms with Crippen LogP contribution in [0.25, 0.3) is 5.82 Å². The van der Waals surface area contributed by atoms with Crippen LogP contribution in [0.4, 0.5) is 0 Å². The van der Waals surface area contributed by atoms with Crippen molar-refractivity contribution in [1.82, 2.24) is 9.72 Å². The van der Waals surface area contributed by atoms with Gasteiger partial charge < -0.3 is 14.5 Å². The maximum Gasteiger partial charge on any atom is 0.339 e. The second-order valence-electron chi connectivity index (χ2n) is 5.86. The Balaban J connectivity index is 1.74. The number of Topliss-reactive ketones (excluding diaryl/α,β-unsaturated/α-hetero) is 1. The summed E-state index contributed by atoms with van der Waals surface area (Å²) >= 11 is 0. The fraction of sp³-hybridized carbons (Fsp3) is 0.222. The van der Waals surface area contributed by atoms with Crippen molar-refractivity contribution in [3.05, 3.63) is 70.1 Å². The zero-order chi connectivity index (χ0) is 18.8. The van der Waals surface area contributed by atoms with Gasteiger partial charge in [-0.05, 0) is 26.8 Å². The van der Waals surface area contributed by atoms with E-state index in [2.05, 4.69) is 5.16 Å². The molecule has 3 aromatic rings. The molecule has 3 aromatic heterocycles. The van der Waals surface area contributed by atoms with E-state index in [0.717, 1.165) is 5.69 Å². The van der Waals surface area contributed by atoms with Crippen LogP contribution in [0.15, 0.2) is 41.2 Å². The molecule has 3 heterocycles. The molecule has 0 N–H and O–H groups in total. The van der Waals surface area contributed by atoms with Gasteiger partial charge in [0.1, 0.15) is 5.76 Å². The van der Waals surface area contributed by atoms with Gasteiger partial charge in [0, 0.05) is 35.2 Å². The Morgan fingerprint density at radius 2 is 1.92 bits per heavy atom. The number of aryl methyl sites for hydroxylation is 2. The highest BCUT2D eigenvalue weighted by Crippen LogP contribution is 2.21. The molecule has 8 heteroatoms. The summed E-state index contributed by atoms with van der Waals surface area (Å²) in [4.78, 5) is 24.4. The van der Waals surface area contributed by atoms with Gasteiger partial charge in [0.25, 0.3) is 0 Å². The highest BCUT2D eigenvalue weighted by molar-refractivity contribution is 6.00. The molecule has 3 rings (SSSR count). The number of nitrogens with zero attached hydrogens (tertiary/aromatic N) is 3. The molecule has 26 heavy (non-hydrogen) atoms. The number of carbonyl (C=O) groups excluding carboxylic acids is 2. The van der Waals surface area contributed by atoms with Crippen molar-refractivity contribution in [1.29, 1.82) is 0 Å². The Bertz CT molecular complexity index is 969. The number of ketones is 1. The molecule has 0 unspecified atom stereocenters. The molecule has 0 aliphatic rings. The fourth-order valence-corrected chi connectivity index (χ4v) is 2.70. The van der Waals surface area contributed by atoms with Crippen LogP contribution in [0.5, 0.6) is 0 Å². The Morgan fingerprint density at radius 1 is 1.23 bits per heavy atom. The summed E-state index contributed by atoms with van der Waals surface area (Å²) in [5.41, 5.74) is 2.15. The largest absolute Gasteiger partial charge is 0.619 e. The van der Waals surface area contributed by atoms with Crippen molar-refractivity contribution < 1.29 is 23.6 Å². The molecule has 0 radical (unpaired) electrons. The first-order valence-electron chi connectivity index (χ1n) is 7.88. The van der Waals surface area contributed by atoms with Crippen molar-refractivity contribution in [3.8, 4) is 5.82 Å². The maximum atomic E-state index is 12.5. The molecule has 0 amide bonds. The van der Waals surface area contributed by atoms with Crippen molar-refractivity contribution in [2.24, 2.45) is 0 Å². The van der Waals surface area contributed by atoms with Crippen LogP contribution in [0.2, 0.25) is 0 Å². The fourth-order valence-electron chi connectivity index (χ4n) is 2.70. The van der Waals surface area contributed by atoms with Crippen LogP contribution in [0.1, 0.15) is 37.9 Å². The molecule has 0 saturated heterocycles. The quantitative estimate of drug-likeness (QED) is 0.300. The molecule has 0 atom stereocenters. The minimum absolute atomic E-state index is 0.202. The van der Waals surface area contributed by atoms with E-state index in [1.807, 2.05) is 6.92 Å². The van der Waals surface area contributed by atoms with Gasteiger partial charge >= 0.3 is 5.97 Å². The Morgan fingerprint density at radius 3 is 2.54 bits per heavy atom. The monoisotopic (exact) mass is 355 g/mol. The highest BCUT2D eigenvalue weighted by atomic mass is 16.5. The molecule has 134 valence electrons. The summed E-state index contributed by atoms with van der Waals surface area (Å²) in [5.74, 6) is 0.257. The van der Waals surface area contributed by atoms with E-state index in [9.17, 15) is 14.8 Å². The average molecular weight is 355 g/mol. The lowest BCUT2D eigenvalue weighted by Gasteiger charge is -2.06. The second kappa shape index (κ2) is 6.83. The molecule has 0 spiro atoms. The van der Waals surface area contributed by atoms with Gasteiger partial charge in [-0.3, -0.25) is 9.36 Å². The number of hydrogen-bond acceptors (Lipinski definition) is 6. The number of carbonyl (C=O) groups is 2. The first-order chi connectivity index (χ1) is 12.4. The molecule has 0 saturated carbocycles. The van der Waals surface area contributed by atoms with Crippen molar-refractivity contribution in [2.75, 3.05) is 6.61 Å². The third kappa shape index (κ3) is 3.34. The zero-order valence-corrected chi connectivity index (χ0v) is 14.6. The van der Waals surface area contributed by atoms with Crippen molar-refractivity contribution in [2.45, 2.75) is 20.8 Å². The smallest absolute Gasteiger partial charge is 0.339 e. The van der Waals surface area contributed by atoms with E-state index in [-0.39, 0.29) is 11.3 Å². The first kappa shape index (κ1) is 17.4. The number of esters is 1. The van der Waals surface area contributed by atoms with Crippen LogP contribution in [-0.2, 0) is 4.74 Å². The number of rotatable bonds is 5. The first-order valence-corrected chi connectivity index (χ1v) is 7.88. The third-order valence-corrected chi connectivity index (χ3v) is 3.95. The zero-order valence-electron chi connectivity index (χ0n) is 14.6.